The monoisotopic (exact) mass is 244 g/mol. The van der Waals surface area contributed by atoms with Gasteiger partial charge in [0.05, 0.1) is 12.7 Å². The fourth-order valence-corrected chi connectivity index (χ4v) is 2.37. The van der Waals surface area contributed by atoms with Crippen LogP contribution in [-0.2, 0) is 14.0 Å². The van der Waals surface area contributed by atoms with Crippen LogP contribution in [0.4, 0.5) is 0 Å². The van der Waals surface area contributed by atoms with Gasteiger partial charge in [0.1, 0.15) is 6.61 Å². The Hall–Kier alpha value is -0.193. The minimum atomic E-state index is -1.67. The third kappa shape index (κ3) is 3.68. The van der Waals surface area contributed by atoms with Gasteiger partial charge >= 0.3 is 0 Å². The summed E-state index contributed by atoms with van der Waals surface area (Å²) in [4.78, 5) is 11.0. The largest absolute Gasteiger partial charge is 0.414 e. The highest BCUT2D eigenvalue weighted by Crippen LogP contribution is 2.36. The summed E-state index contributed by atoms with van der Waals surface area (Å²) in [5.74, 6) is 0.212. The van der Waals surface area contributed by atoms with Crippen molar-refractivity contribution < 1.29 is 14.0 Å². The predicted octanol–water partition coefficient (Wildman–Crippen LogP) is 2.76. The average Bonchev–Trinajstić information content (AvgIpc) is 2.15. The Labute approximate surface area is 99.6 Å². The maximum atomic E-state index is 11.0. The van der Waals surface area contributed by atoms with E-state index in [4.69, 9.17) is 9.16 Å². The van der Waals surface area contributed by atoms with Gasteiger partial charge in [-0.1, -0.05) is 20.8 Å². The van der Waals surface area contributed by atoms with Gasteiger partial charge in [0.15, 0.2) is 14.1 Å². The van der Waals surface area contributed by atoms with Crippen LogP contribution in [0.1, 0.15) is 33.6 Å². The summed E-state index contributed by atoms with van der Waals surface area (Å²) >= 11 is 0. The van der Waals surface area contributed by atoms with E-state index >= 15 is 0 Å². The number of ketones is 1. The molecule has 0 saturated carbocycles. The van der Waals surface area contributed by atoms with Gasteiger partial charge in [-0.15, -0.1) is 0 Å². The zero-order valence-corrected chi connectivity index (χ0v) is 12.1. The van der Waals surface area contributed by atoms with Crippen molar-refractivity contribution in [1.29, 1.82) is 0 Å². The fourth-order valence-electron chi connectivity index (χ4n) is 1.34. The van der Waals surface area contributed by atoms with Gasteiger partial charge in [0.2, 0.25) is 0 Å². The molecule has 0 aromatic rings. The van der Waals surface area contributed by atoms with Crippen molar-refractivity contribution in [2.45, 2.75) is 57.8 Å². The van der Waals surface area contributed by atoms with Crippen molar-refractivity contribution in [3.05, 3.63) is 0 Å². The zero-order valence-electron chi connectivity index (χ0n) is 11.1. The Balaban J connectivity index is 2.37. The summed E-state index contributed by atoms with van der Waals surface area (Å²) in [6, 6.07) is 0. The molecule has 1 unspecified atom stereocenters. The van der Waals surface area contributed by atoms with E-state index in [0.29, 0.717) is 13.0 Å². The van der Waals surface area contributed by atoms with E-state index in [1.54, 1.807) is 0 Å². The number of ether oxygens (including phenoxy) is 1. The smallest absolute Gasteiger partial charge is 0.192 e. The molecule has 0 N–H and O–H groups in total. The predicted molar refractivity (Wildman–Crippen MR) is 67.1 cm³/mol. The number of carbonyl (C=O) groups excluding carboxylic acids is 1. The topological polar surface area (TPSA) is 35.5 Å². The van der Waals surface area contributed by atoms with Crippen LogP contribution in [0.25, 0.3) is 0 Å². The lowest BCUT2D eigenvalue weighted by Gasteiger charge is -2.37. The van der Waals surface area contributed by atoms with E-state index in [-0.39, 0.29) is 23.5 Å². The summed E-state index contributed by atoms with van der Waals surface area (Å²) in [6.07, 6.45) is 1.57. The Bertz CT molecular complexity index is 245. The molecule has 0 spiro atoms. The van der Waals surface area contributed by atoms with Crippen molar-refractivity contribution >= 4 is 14.1 Å². The van der Waals surface area contributed by atoms with Crippen LogP contribution in [0.5, 0.6) is 0 Å². The molecule has 1 saturated heterocycles. The van der Waals surface area contributed by atoms with Gasteiger partial charge in [-0.05, 0) is 24.6 Å². The molecule has 94 valence electrons. The molecule has 16 heavy (non-hydrogen) atoms. The number of Topliss-reactive ketones (excluding diaryl/α,β-unsaturated/α-hetero) is 1. The summed E-state index contributed by atoms with van der Waals surface area (Å²) in [5.41, 5.74) is 0. The van der Waals surface area contributed by atoms with Crippen molar-refractivity contribution in [2.75, 3.05) is 13.2 Å². The van der Waals surface area contributed by atoms with E-state index < -0.39 is 8.32 Å². The molecule has 0 amide bonds. The zero-order chi connectivity index (χ0) is 12.4. The summed E-state index contributed by atoms with van der Waals surface area (Å²) in [7, 11) is -1.67. The van der Waals surface area contributed by atoms with Crippen LogP contribution in [0.3, 0.4) is 0 Å². The lowest BCUT2D eigenvalue weighted by atomic mass is 10.1. The van der Waals surface area contributed by atoms with Crippen LogP contribution < -0.4 is 0 Å². The Kier molecular flexibility index (Phi) is 4.32. The maximum absolute atomic E-state index is 11.0. The van der Waals surface area contributed by atoms with Crippen LogP contribution in [-0.4, -0.2) is 33.4 Å². The molecule has 1 atom stereocenters. The van der Waals surface area contributed by atoms with Crippen LogP contribution in [0, 0.1) is 0 Å². The summed E-state index contributed by atoms with van der Waals surface area (Å²) in [6.45, 7) is 12.1. The highest BCUT2D eigenvalue weighted by atomic mass is 28.4. The van der Waals surface area contributed by atoms with Crippen LogP contribution in [0.2, 0.25) is 18.1 Å². The molecular weight excluding hydrogens is 220 g/mol. The second kappa shape index (κ2) is 4.98. The first-order chi connectivity index (χ1) is 7.22. The quantitative estimate of drug-likeness (QED) is 0.716. The van der Waals surface area contributed by atoms with Gasteiger partial charge in [-0.25, -0.2) is 0 Å². The molecule has 0 aromatic carbocycles. The number of rotatable bonds is 3. The van der Waals surface area contributed by atoms with Crippen LogP contribution in [0.15, 0.2) is 0 Å². The molecule has 0 aromatic heterocycles. The third-order valence-corrected chi connectivity index (χ3v) is 8.16. The van der Waals surface area contributed by atoms with Crippen molar-refractivity contribution in [1.82, 2.24) is 0 Å². The van der Waals surface area contributed by atoms with Gasteiger partial charge < -0.3 is 9.16 Å². The van der Waals surface area contributed by atoms with Crippen molar-refractivity contribution in [2.24, 2.45) is 0 Å². The van der Waals surface area contributed by atoms with Crippen molar-refractivity contribution in [3.63, 3.8) is 0 Å². The maximum Gasteiger partial charge on any atom is 0.192 e. The average molecular weight is 244 g/mol. The normalized spacial score (nSPS) is 23.6. The van der Waals surface area contributed by atoms with E-state index in [1.807, 2.05) is 0 Å². The van der Waals surface area contributed by atoms with Gasteiger partial charge in [0.25, 0.3) is 0 Å². The first-order valence-electron chi connectivity index (χ1n) is 5.99. The molecule has 1 heterocycles. The van der Waals surface area contributed by atoms with E-state index in [2.05, 4.69) is 33.9 Å². The second-order valence-electron chi connectivity index (χ2n) is 6.08. The molecule has 4 heteroatoms. The molecule has 1 aliphatic heterocycles. The third-order valence-electron chi connectivity index (χ3n) is 3.66. The van der Waals surface area contributed by atoms with Gasteiger partial charge in [-0.3, -0.25) is 4.79 Å². The molecule has 1 aliphatic rings. The minimum Gasteiger partial charge on any atom is -0.414 e. The standard InChI is InChI=1S/C12H24O3Si/c1-12(2,3)16(4,5)15-9-11-7-6-10(13)8-14-11/h11H,6-9H2,1-5H3. The molecular formula is C12H24O3Si. The Morgan fingerprint density at radius 3 is 2.50 bits per heavy atom. The molecule has 1 rings (SSSR count). The minimum absolute atomic E-state index is 0.117. The summed E-state index contributed by atoms with van der Waals surface area (Å²) < 4.78 is 11.5. The second-order valence-corrected chi connectivity index (χ2v) is 10.9. The van der Waals surface area contributed by atoms with Gasteiger partial charge in [0, 0.05) is 6.42 Å². The Morgan fingerprint density at radius 2 is 2.06 bits per heavy atom. The molecule has 3 nitrogen and oxygen atoms in total. The number of hydrogen-bond acceptors (Lipinski definition) is 3. The van der Waals surface area contributed by atoms with Crippen molar-refractivity contribution in [3.8, 4) is 0 Å². The first kappa shape index (κ1) is 13.9. The van der Waals surface area contributed by atoms with E-state index in [1.165, 1.54) is 0 Å². The number of carbonyl (C=O) groups is 1. The number of hydrogen-bond donors (Lipinski definition) is 0. The lowest BCUT2D eigenvalue weighted by Crippen LogP contribution is -2.43. The highest BCUT2D eigenvalue weighted by Gasteiger charge is 2.37. The molecule has 0 radical (unpaired) electrons. The highest BCUT2D eigenvalue weighted by molar-refractivity contribution is 6.74. The lowest BCUT2D eigenvalue weighted by molar-refractivity contribution is -0.132. The van der Waals surface area contributed by atoms with E-state index in [9.17, 15) is 4.79 Å². The van der Waals surface area contributed by atoms with Gasteiger partial charge in [-0.2, -0.15) is 0 Å². The molecule has 1 fully saturated rings. The SMILES string of the molecule is CC(C)(C)[Si](C)(C)OCC1CCC(=O)CO1. The first-order valence-corrected chi connectivity index (χ1v) is 8.90. The van der Waals surface area contributed by atoms with Crippen LogP contribution >= 0.6 is 0 Å². The molecule has 0 aliphatic carbocycles. The fraction of sp³-hybridized carbons (Fsp3) is 0.917. The Morgan fingerprint density at radius 1 is 1.44 bits per heavy atom. The van der Waals surface area contributed by atoms with E-state index in [0.717, 1.165) is 6.42 Å². The molecule has 0 bridgehead atoms. The summed E-state index contributed by atoms with van der Waals surface area (Å²) in [5, 5.41) is 0.234.